The van der Waals surface area contributed by atoms with Gasteiger partial charge in [-0.3, -0.25) is 0 Å². The van der Waals surface area contributed by atoms with Gasteiger partial charge in [0.25, 0.3) is 0 Å². The first-order valence-corrected chi connectivity index (χ1v) is 7.41. The van der Waals surface area contributed by atoms with Crippen molar-refractivity contribution in [2.75, 3.05) is 0 Å². The van der Waals surface area contributed by atoms with Gasteiger partial charge in [-0.15, -0.1) is 0 Å². The van der Waals surface area contributed by atoms with Crippen molar-refractivity contribution in [2.24, 2.45) is 0 Å². The van der Waals surface area contributed by atoms with Gasteiger partial charge in [0.2, 0.25) is 9.05 Å². The van der Waals surface area contributed by atoms with Crippen LogP contribution in [0.1, 0.15) is 17.9 Å². The van der Waals surface area contributed by atoms with Crippen LogP contribution in [0.5, 0.6) is 0 Å². The van der Waals surface area contributed by atoms with Crippen LogP contribution in [-0.4, -0.2) is 13.7 Å². The third-order valence-corrected chi connectivity index (χ3v) is 5.14. The molecule has 1 fully saturated rings. The van der Waals surface area contributed by atoms with Crippen LogP contribution in [0.4, 0.5) is 0 Å². The van der Waals surface area contributed by atoms with E-state index in [0.717, 1.165) is 5.56 Å². The van der Waals surface area contributed by atoms with Gasteiger partial charge in [0.15, 0.2) is 0 Å². The van der Waals surface area contributed by atoms with Crippen LogP contribution >= 0.6 is 33.9 Å². The van der Waals surface area contributed by atoms with Crippen LogP contribution in [-0.2, 0) is 9.05 Å². The lowest BCUT2D eigenvalue weighted by Gasteiger charge is -2.01. The zero-order chi connectivity index (χ0) is 11.2. The maximum absolute atomic E-state index is 11.0. The number of hydrogen-bond acceptors (Lipinski definition) is 2. The smallest absolute Gasteiger partial charge is 0.212 e. The minimum absolute atomic E-state index is 0.0396. The maximum Gasteiger partial charge on any atom is 0.236 e. The minimum atomic E-state index is -3.45. The van der Waals surface area contributed by atoms with E-state index in [1.165, 1.54) is 0 Å². The lowest BCUT2D eigenvalue weighted by atomic mass is 10.1. The Hall–Kier alpha value is 0.0400. The summed E-state index contributed by atoms with van der Waals surface area (Å²) in [5, 5.41) is 0.426. The van der Waals surface area contributed by atoms with Crippen molar-refractivity contribution >= 4 is 42.9 Å². The van der Waals surface area contributed by atoms with Crippen molar-refractivity contribution in [1.29, 1.82) is 0 Å². The molecule has 82 valence electrons. The molecule has 0 heterocycles. The number of halogens is 3. The molecule has 2 unspecified atom stereocenters. The number of hydrogen-bond donors (Lipinski definition) is 0. The second-order valence-corrected chi connectivity index (χ2v) is 7.19. The average Bonchev–Trinajstić information content (AvgIpc) is 2.87. The predicted octanol–water partition coefficient (Wildman–Crippen LogP) is 3.42. The Labute approximate surface area is 103 Å². The molecule has 1 aliphatic carbocycles. The molecule has 1 aromatic carbocycles. The van der Waals surface area contributed by atoms with E-state index >= 15 is 0 Å². The minimum Gasteiger partial charge on any atom is -0.212 e. The largest absolute Gasteiger partial charge is 0.236 e. The van der Waals surface area contributed by atoms with Gasteiger partial charge >= 0.3 is 0 Å². The summed E-state index contributed by atoms with van der Waals surface area (Å²) in [5.41, 5.74) is 0.874. The molecule has 0 bridgehead atoms. The molecule has 1 aliphatic rings. The molecule has 0 spiro atoms. The highest BCUT2D eigenvalue weighted by atomic mass is 35.7. The van der Waals surface area contributed by atoms with Crippen LogP contribution < -0.4 is 0 Å². The van der Waals surface area contributed by atoms with Crippen molar-refractivity contribution < 1.29 is 8.42 Å². The van der Waals surface area contributed by atoms with Crippen molar-refractivity contribution in [1.82, 2.24) is 0 Å². The van der Waals surface area contributed by atoms with Gasteiger partial charge in [-0.1, -0.05) is 29.3 Å². The summed E-state index contributed by atoms with van der Waals surface area (Å²) < 4.78 is 22.1. The fourth-order valence-corrected chi connectivity index (χ4v) is 3.46. The summed E-state index contributed by atoms with van der Waals surface area (Å²) in [7, 11) is 1.81. The Morgan fingerprint density at radius 2 is 1.87 bits per heavy atom. The molecule has 2 nitrogen and oxygen atoms in total. The van der Waals surface area contributed by atoms with Crippen molar-refractivity contribution in [3.8, 4) is 0 Å². The van der Waals surface area contributed by atoms with Crippen molar-refractivity contribution in [3.63, 3.8) is 0 Å². The molecule has 6 heteroatoms. The Bertz CT molecular complexity index is 498. The maximum atomic E-state index is 11.0. The standard InChI is InChI=1S/C9H7Cl3O2S/c10-7-2-1-5(3-8(7)11)6-4-9(6)15(12,13)14/h1-3,6,9H,4H2. The van der Waals surface area contributed by atoms with E-state index < -0.39 is 14.3 Å². The summed E-state index contributed by atoms with van der Waals surface area (Å²) >= 11 is 11.6. The van der Waals surface area contributed by atoms with Crippen LogP contribution in [0.2, 0.25) is 10.0 Å². The molecule has 15 heavy (non-hydrogen) atoms. The lowest BCUT2D eigenvalue weighted by Crippen LogP contribution is -1.99. The van der Waals surface area contributed by atoms with Crippen LogP contribution in [0.3, 0.4) is 0 Å². The first-order valence-electron chi connectivity index (χ1n) is 4.28. The molecule has 0 N–H and O–H groups in total. The van der Waals surface area contributed by atoms with Gasteiger partial charge in [-0.05, 0) is 24.1 Å². The molecule has 0 amide bonds. The molecule has 2 atom stereocenters. The molecule has 0 saturated heterocycles. The highest BCUT2D eigenvalue weighted by Crippen LogP contribution is 2.48. The van der Waals surface area contributed by atoms with E-state index in [1.807, 2.05) is 0 Å². The van der Waals surface area contributed by atoms with E-state index in [1.54, 1.807) is 18.2 Å². The van der Waals surface area contributed by atoms with Crippen molar-refractivity contribution in [2.45, 2.75) is 17.6 Å². The highest BCUT2D eigenvalue weighted by molar-refractivity contribution is 8.14. The normalized spacial score (nSPS) is 25.3. The first kappa shape index (κ1) is 11.5. The van der Waals surface area contributed by atoms with E-state index in [4.69, 9.17) is 33.9 Å². The Balaban J connectivity index is 2.24. The summed E-state index contributed by atoms with van der Waals surface area (Å²) in [5.74, 6) is -0.0396. The fraction of sp³-hybridized carbons (Fsp3) is 0.333. The summed E-state index contributed by atoms with van der Waals surface area (Å²) in [6, 6.07) is 5.13. The molecule has 1 saturated carbocycles. The molecule has 0 aromatic heterocycles. The highest BCUT2D eigenvalue weighted by Gasteiger charge is 2.47. The Kier molecular flexibility index (Phi) is 2.93. The second kappa shape index (κ2) is 3.81. The van der Waals surface area contributed by atoms with Gasteiger partial charge in [-0.25, -0.2) is 8.42 Å². The predicted molar refractivity (Wildman–Crippen MR) is 62.4 cm³/mol. The van der Waals surface area contributed by atoms with Gasteiger partial charge < -0.3 is 0 Å². The molecule has 1 aromatic rings. The Morgan fingerprint density at radius 3 is 2.33 bits per heavy atom. The molecule has 0 radical (unpaired) electrons. The monoisotopic (exact) mass is 284 g/mol. The topological polar surface area (TPSA) is 34.1 Å². The zero-order valence-electron chi connectivity index (χ0n) is 7.45. The molecular weight excluding hydrogens is 279 g/mol. The fourth-order valence-electron chi connectivity index (χ4n) is 1.58. The number of rotatable bonds is 2. The van der Waals surface area contributed by atoms with Gasteiger partial charge in [-0.2, -0.15) is 0 Å². The third kappa shape index (κ3) is 2.41. The summed E-state index contributed by atoms with van der Waals surface area (Å²) in [4.78, 5) is 0. The first-order chi connectivity index (χ1) is 6.89. The third-order valence-electron chi connectivity index (χ3n) is 2.47. The molecule has 0 aliphatic heterocycles. The average molecular weight is 286 g/mol. The van der Waals surface area contributed by atoms with E-state index in [-0.39, 0.29) is 5.92 Å². The van der Waals surface area contributed by atoms with E-state index in [0.29, 0.717) is 16.5 Å². The Morgan fingerprint density at radius 1 is 1.20 bits per heavy atom. The summed E-state index contributed by atoms with van der Waals surface area (Å²) in [6.07, 6.45) is 0.559. The quantitative estimate of drug-likeness (QED) is 0.780. The van der Waals surface area contributed by atoms with Gasteiger partial charge in [0, 0.05) is 16.6 Å². The molecule has 2 rings (SSSR count). The van der Waals surface area contributed by atoms with Crippen molar-refractivity contribution in [3.05, 3.63) is 33.8 Å². The number of benzene rings is 1. The molecular formula is C9H7Cl3O2S. The SMILES string of the molecule is O=S(=O)(Cl)C1CC1c1ccc(Cl)c(Cl)c1. The van der Waals surface area contributed by atoms with Gasteiger partial charge in [0.1, 0.15) is 0 Å². The van der Waals surface area contributed by atoms with E-state index in [2.05, 4.69) is 0 Å². The lowest BCUT2D eigenvalue weighted by molar-refractivity contribution is 0.607. The zero-order valence-corrected chi connectivity index (χ0v) is 10.5. The second-order valence-electron chi connectivity index (χ2n) is 3.53. The summed E-state index contributed by atoms with van der Waals surface area (Å²) in [6.45, 7) is 0. The van der Waals surface area contributed by atoms with E-state index in [9.17, 15) is 8.42 Å². The van der Waals surface area contributed by atoms with Crippen LogP contribution in [0.25, 0.3) is 0 Å². The van der Waals surface area contributed by atoms with Gasteiger partial charge in [0.05, 0.1) is 15.3 Å². The van der Waals surface area contributed by atoms with Crippen LogP contribution in [0, 0.1) is 0 Å². The van der Waals surface area contributed by atoms with Crippen LogP contribution in [0.15, 0.2) is 18.2 Å².